The molecule has 20 heavy (non-hydrogen) atoms. The van der Waals surface area contributed by atoms with Crippen LogP contribution in [0, 0.1) is 5.92 Å². The van der Waals surface area contributed by atoms with Crippen LogP contribution >= 0.6 is 11.8 Å². The second-order valence-corrected chi connectivity index (χ2v) is 6.35. The Kier molecular flexibility index (Phi) is 6.56. The van der Waals surface area contributed by atoms with E-state index in [1.54, 1.807) is 18.7 Å². The molecule has 1 rings (SSSR count). The summed E-state index contributed by atoms with van der Waals surface area (Å²) in [5.41, 5.74) is 0.971. The van der Waals surface area contributed by atoms with E-state index >= 15 is 0 Å². The number of rotatable bonds is 7. The Hall–Kier alpha value is -1.00. The van der Waals surface area contributed by atoms with Crippen LogP contribution in [0.1, 0.15) is 43.1 Å². The van der Waals surface area contributed by atoms with Gasteiger partial charge in [0.25, 0.3) is 5.91 Å². The van der Waals surface area contributed by atoms with Crippen molar-refractivity contribution in [2.45, 2.75) is 38.5 Å². The third kappa shape index (κ3) is 4.84. The minimum absolute atomic E-state index is 0.135. The standard InChI is InChI=1S/C16H25NO2S/c1-5-12(2)16(3,19)11-17-15(18)14-8-6-13(7-9-14)10-20-4/h6-9,12,19H,5,10-11H2,1-4H3,(H,17,18). The zero-order valence-electron chi connectivity index (χ0n) is 12.8. The lowest BCUT2D eigenvalue weighted by molar-refractivity contribution is 0.00592. The second-order valence-electron chi connectivity index (χ2n) is 5.48. The lowest BCUT2D eigenvalue weighted by Gasteiger charge is -2.29. The van der Waals surface area contributed by atoms with Crippen LogP contribution in [-0.4, -0.2) is 29.4 Å². The predicted octanol–water partition coefficient (Wildman–Crippen LogP) is 3.08. The number of hydrogen-bond donors (Lipinski definition) is 2. The SMILES string of the molecule is CCC(C)C(C)(O)CNC(=O)c1ccc(CSC)cc1. The van der Waals surface area contributed by atoms with Gasteiger partial charge in [-0.05, 0) is 36.8 Å². The Bertz CT molecular complexity index is 429. The summed E-state index contributed by atoms with van der Waals surface area (Å²) >= 11 is 1.75. The summed E-state index contributed by atoms with van der Waals surface area (Å²) in [6, 6.07) is 7.61. The lowest BCUT2D eigenvalue weighted by Crippen LogP contribution is -2.45. The summed E-state index contributed by atoms with van der Waals surface area (Å²) in [7, 11) is 0. The van der Waals surface area contributed by atoms with Crippen LogP contribution in [-0.2, 0) is 5.75 Å². The highest BCUT2D eigenvalue weighted by Crippen LogP contribution is 2.19. The fraction of sp³-hybridized carbons (Fsp3) is 0.562. The van der Waals surface area contributed by atoms with Crippen molar-refractivity contribution in [3.8, 4) is 0 Å². The molecule has 0 radical (unpaired) electrons. The number of carbonyl (C=O) groups is 1. The molecule has 0 heterocycles. The van der Waals surface area contributed by atoms with Gasteiger partial charge in [0.05, 0.1) is 5.60 Å². The van der Waals surface area contributed by atoms with Gasteiger partial charge in [0.2, 0.25) is 0 Å². The highest BCUT2D eigenvalue weighted by Gasteiger charge is 2.27. The number of amides is 1. The van der Waals surface area contributed by atoms with E-state index in [1.165, 1.54) is 5.56 Å². The normalized spacial score (nSPS) is 15.4. The first-order valence-electron chi connectivity index (χ1n) is 6.99. The van der Waals surface area contributed by atoms with Crippen LogP contribution in [0.3, 0.4) is 0 Å². The first-order valence-corrected chi connectivity index (χ1v) is 8.38. The van der Waals surface area contributed by atoms with Crippen molar-refractivity contribution < 1.29 is 9.90 Å². The molecule has 2 N–H and O–H groups in total. The van der Waals surface area contributed by atoms with Crippen LogP contribution in [0.4, 0.5) is 0 Å². The Labute approximate surface area is 126 Å². The van der Waals surface area contributed by atoms with E-state index in [9.17, 15) is 9.90 Å². The molecule has 4 heteroatoms. The molecule has 1 amide bonds. The topological polar surface area (TPSA) is 49.3 Å². The average Bonchev–Trinajstić information content (AvgIpc) is 2.45. The van der Waals surface area contributed by atoms with Crippen molar-refractivity contribution in [1.29, 1.82) is 0 Å². The van der Waals surface area contributed by atoms with Crippen molar-refractivity contribution >= 4 is 17.7 Å². The van der Waals surface area contributed by atoms with Gasteiger partial charge in [-0.25, -0.2) is 0 Å². The summed E-state index contributed by atoms with van der Waals surface area (Å²) < 4.78 is 0. The highest BCUT2D eigenvalue weighted by atomic mass is 32.2. The number of aliphatic hydroxyl groups is 1. The Morgan fingerprint density at radius 2 is 2.00 bits per heavy atom. The molecule has 0 saturated carbocycles. The van der Waals surface area contributed by atoms with Gasteiger partial charge in [-0.15, -0.1) is 0 Å². The molecule has 2 unspecified atom stereocenters. The minimum atomic E-state index is -0.872. The van der Waals surface area contributed by atoms with Crippen LogP contribution in [0.25, 0.3) is 0 Å². The number of carbonyl (C=O) groups excluding carboxylic acids is 1. The first-order chi connectivity index (χ1) is 9.40. The highest BCUT2D eigenvalue weighted by molar-refractivity contribution is 7.97. The molecule has 1 aromatic carbocycles. The van der Waals surface area contributed by atoms with E-state index in [0.717, 1.165) is 12.2 Å². The van der Waals surface area contributed by atoms with Crippen LogP contribution in [0.5, 0.6) is 0 Å². The largest absolute Gasteiger partial charge is 0.388 e. The monoisotopic (exact) mass is 295 g/mol. The molecule has 2 atom stereocenters. The molecule has 0 aliphatic rings. The van der Waals surface area contributed by atoms with E-state index < -0.39 is 5.60 Å². The molecule has 1 aromatic rings. The Morgan fingerprint density at radius 3 is 2.50 bits per heavy atom. The van der Waals surface area contributed by atoms with Gasteiger partial charge in [0.1, 0.15) is 0 Å². The summed E-state index contributed by atoms with van der Waals surface area (Å²) in [4.78, 5) is 12.0. The van der Waals surface area contributed by atoms with Gasteiger partial charge in [0, 0.05) is 17.9 Å². The summed E-state index contributed by atoms with van der Waals surface area (Å²) in [6.07, 6.45) is 2.93. The van der Waals surface area contributed by atoms with Gasteiger partial charge in [0.15, 0.2) is 0 Å². The smallest absolute Gasteiger partial charge is 0.251 e. The van der Waals surface area contributed by atoms with Crippen LogP contribution < -0.4 is 5.32 Å². The van der Waals surface area contributed by atoms with Crippen molar-refractivity contribution in [2.24, 2.45) is 5.92 Å². The molecule has 0 aliphatic heterocycles. The molecule has 0 fully saturated rings. The Morgan fingerprint density at radius 1 is 1.40 bits per heavy atom. The predicted molar refractivity (Wildman–Crippen MR) is 86.1 cm³/mol. The average molecular weight is 295 g/mol. The molecular weight excluding hydrogens is 270 g/mol. The summed E-state index contributed by atoms with van der Waals surface area (Å²) in [6.45, 7) is 6.06. The van der Waals surface area contributed by atoms with Gasteiger partial charge >= 0.3 is 0 Å². The van der Waals surface area contributed by atoms with Crippen molar-refractivity contribution in [3.63, 3.8) is 0 Å². The maximum absolute atomic E-state index is 12.0. The number of thioether (sulfide) groups is 1. The molecule has 0 aliphatic carbocycles. The third-order valence-electron chi connectivity index (χ3n) is 3.81. The fourth-order valence-corrected chi connectivity index (χ4v) is 2.42. The van der Waals surface area contributed by atoms with Gasteiger partial charge in [-0.1, -0.05) is 32.4 Å². The molecule has 0 saturated heterocycles. The zero-order valence-corrected chi connectivity index (χ0v) is 13.6. The van der Waals surface area contributed by atoms with Crippen molar-refractivity contribution in [3.05, 3.63) is 35.4 Å². The van der Waals surface area contributed by atoms with E-state index in [2.05, 4.69) is 11.6 Å². The van der Waals surface area contributed by atoms with Gasteiger partial charge in [-0.3, -0.25) is 4.79 Å². The quantitative estimate of drug-likeness (QED) is 0.813. The van der Waals surface area contributed by atoms with E-state index in [4.69, 9.17) is 0 Å². The van der Waals surface area contributed by atoms with Gasteiger partial charge < -0.3 is 10.4 Å². The second kappa shape index (κ2) is 7.70. The number of hydrogen-bond acceptors (Lipinski definition) is 3. The summed E-state index contributed by atoms with van der Waals surface area (Å²) in [5.74, 6) is 0.959. The lowest BCUT2D eigenvalue weighted by atomic mass is 9.88. The van der Waals surface area contributed by atoms with Crippen molar-refractivity contribution in [1.82, 2.24) is 5.32 Å². The molecular formula is C16H25NO2S. The minimum Gasteiger partial charge on any atom is -0.388 e. The van der Waals surface area contributed by atoms with Crippen LogP contribution in [0.2, 0.25) is 0 Å². The van der Waals surface area contributed by atoms with Gasteiger partial charge in [-0.2, -0.15) is 11.8 Å². The maximum atomic E-state index is 12.0. The van der Waals surface area contributed by atoms with Crippen LogP contribution in [0.15, 0.2) is 24.3 Å². The summed E-state index contributed by atoms with van der Waals surface area (Å²) in [5, 5.41) is 13.1. The first kappa shape index (κ1) is 17.1. The molecule has 112 valence electrons. The van der Waals surface area contributed by atoms with E-state index in [1.807, 2.05) is 38.1 Å². The van der Waals surface area contributed by atoms with Crippen molar-refractivity contribution in [2.75, 3.05) is 12.8 Å². The number of benzene rings is 1. The molecule has 0 bridgehead atoms. The third-order valence-corrected chi connectivity index (χ3v) is 4.43. The maximum Gasteiger partial charge on any atom is 0.251 e. The van der Waals surface area contributed by atoms with E-state index in [-0.39, 0.29) is 18.4 Å². The molecule has 3 nitrogen and oxygen atoms in total. The zero-order chi connectivity index (χ0) is 15.2. The molecule has 0 aromatic heterocycles. The number of nitrogens with one attached hydrogen (secondary N) is 1. The fourth-order valence-electron chi connectivity index (χ4n) is 1.89. The molecule has 0 spiro atoms. The van der Waals surface area contributed by atoms with E-state index in [0.29, 0.717) is 5.56 Å². The Balaban J connectivity index is 2.58.